The Morgan fingerprint density at radius 2 is 1.89 bits per heavy atom. The molecule has 0 N–H and O–H groups in total. The molecular weight excluding hydrogens is 367 g/mol. The van der Waals surface area contributed by atoms with E-state index in [1.165, 1.54) is 16.7 Å². The Balaban J connectivity index is 1.80. The monoisotopic (exact) mass is 384 g/mol. The van der Waals surface area contributed by atoms with Crippen LogP contribution in [0, 0.1) is 5.82 Å². The maximum atomic E-state index is 13.5. The number of rotatable bonds is 3. The minimum Gasteiger partial charge on any atom is -0.341 e. The van der Waals surface area contributed by atoms with Gasteiger partial charge in [-0.25, -0.2) is 4.39 Å². The summed E-state index contributed by atoms with van der Waals surface area (Å²) in [5.74, 6) is -0.550. The lowest BCUT2D eigenvalue weighted by atomic mass is 9.99. The molecular formula is C21H18ClFN2O2. The molecule has 2 heterocycles. The van der Waals surface area contributed by atoms with E-state index in [2.05, 4.69) is 0 Å². The maximum Gasteiger partial charge on any atom is 0.259 e. The molecule has 3 aromatic rings. The number of likely N-dealkylation sites (tertiary alicyclic amines) is 1. The minimum atomic E-state index is -0.505. The maximum absolute atomic E-state index is 13.5. The molecule has 1 saturated heterocycles. The Hall–Kier alpha value is -2.66. The molecule has 1 fully saturated rings. The van der Waals surface area contributed by atoms with Gasteiger partial charge in [0, 0.05) is 19.3 Å². The van der Waals surface area contributed by atoms with E-state index in [-0.39, 0.29) is 23.0 Å². The molecule has 6 heteroatoms. The quantitative estimate of drug-likeness (QED) is 0.682. The number of amides is 1. The van der Waals surface area contributed by atoms with Gasteiger partial charge >= 0.3 is 0 Å². The van der Waals surface area contributed by atoms with Gasteiger partial charge < -0.3 is 9.47 Å². The highest BCUT2D eigenvalue weighted by Gasteiger charge is 2.19. The Morgan fingerprint density at radius 1 is 1.11 bits per heavy atom. The molecule has 1 aliphatic heterocycles. The van der Waals surface area contributed by atoms with E-state index in [0.717, 1.165) is 31.3 Å². The van der Waals surface area contributed by atoms with Crippen molar-refractivity contribution in [2.75, 3.05) is 13.1 Å². The Kier molecular flexibility index (Phi) is 4.70. The third-order valence-electron chi connectivity index (χ3n) is 5.00. The fraction of sp³-hybridized carbons (Fsp3) is 0.238. The molecule has 4 nitrogen and oxygen atoms in total. The second-order valence-electron chi connectivity index (χ2n) is 6.74. The van der Waals surface area contributed by atoms with E-state index in [0.29, 0.717) is 16.5 Å². The van der Waals surface area contributed by atoms with E-state index < -0.39 is 5.82 Å². The molecule has 0 aliphatic carbocycles. The molecule has 0 saturated carbocycles. The molecule has 1 amide bonds. The lowest BCUT2D eigenvalue weighted by Crippen LogP contribution is -2.34. The summed E-state index contributed by atoms with van der Waals surface area (Å²) in [4.78, 5) is 27.4. The summed E-state index contributed by atoms with van der Waals surface area (Å²) in [6.45, 7) is 1.52. The third kappa shape index (κ3) is 3.35. The van der Waals surface area contributed by atoms with Crippen molar-refractivity contribution < 1.29 is 9.18 Å². The molecule has 0 spiro atoms. The summed E-state index contributed by atoms with van der Waals surface area (Å²) in [6.07, 6.45) is 3.67. The van der Waals surface area contributed by atoms with Crippen LogP contribution in [0.25, 0.3) is 21.9 Å². The smallest absolute Gasteiger partial charge is 0.259 e. The fourth-order valence-electron chi connectivity index (χ4n) is 3.57. The number of hydrogen-bond donors (Lipinski definition) is 0. The highest BCUT2D eigenvalue weighted by molar-refractivity contribution is 6.31. The first-order valence-corrected chi connectivity index (χ1v) is 9.28. The van der Waals surface area contributed by atoms with Gasteiger partial charge in [-0.15, -0.1) is 0 Å². The van der Waals surface area contributed by atoms with Crippen molar-refractivity contribution >= 4 is 28.3 Å². The summed E-state index contributed by atoms with van der Waals surface area (Å²) in [6, 6.07) is 11.7. The summed E-state index contributed by atoms with van der Waals surface area (Å²) in [7, 11) is 0. The number of carbonyl (C=O) groups is 1. The first-order valence-electron chi connectivity index (χ1n) is 8.90. The van der Waals surface area contributed by atoms with Crippen molar-refractivity contribution in [1.82, 2.24) is 9.47 Å². The summed E-state index contributed by atoms with van der Waals surface area (Å²) < 4.78 is 15.0. The van der Waals surface area contributed by atoms with Gasteiger partial charge in [0.1, 0.15) is 12.4 Å². The minimum absolute atomic E-state index is 0.00460. The average Bonchev–Trinajstić information content (AvgIpc) is 3.21. The largest absolute Gasteiger partial charge is 0.341 e. The zero-order chi connectivity index (χ0) is 19.0. The Morgan fingerprint density at radius 3 is 2.63 bits per heavy atom. The number of carbonyl (C=O) groups excluding carboxylic acids is 1. The number of fused-ring (bicyclic) bond motifs is 1. The zero-order valence-corrected chi connectivity index (χ0v) is 15.4. The number of nitrogens with zero attached hydrogens (tertiary/aromatic N) is 2. The van der Waals surface area contributed by atoms with E-state index >= 15 is 0 Å². The van der Waals surface area contributed by atoms with Crippen molar-refractivity contribution in [2.24, 2.45) is 0 Å². The molecule has 0 radical (unpaired) electrons. The highest BCUT2D eigenvalue weighted by atomic mass is 35.5. The predicted molar refractivity (Wildman–Crippen MR) is 104 cm³/mol. The second-order valence-corrected chi connectivity index (χ2v) is 7.14. The van der Waals surface area contributed by atoms with Gasteiger partial charge in [0.2, 0.25) is 5.91 Å². The molecule has 0 bridgehead atoms. The lowest BCUT2D eigenvalue weighted by molar-refractivity contribution is -0.130. The van der Waals surface area contributed by atoms with Gasteiger partial charge in [-0.2, -0.15) is 0 Å². The standard InChI is InChI=1S/C21H18ClFN2O2/c22-17-12-15(6-7-18(17)23)16-5-3-4-14-8-11-25(21(27)20(14)16)13-19(26)24-9-1-2-10-24/h3-8,11-12H,1-2,9-10,13H2. The molecule has 0 unspecified atom stereocenters. The van der Waals surface area contributed by atoms with E-state index in [1.807, 2.05) is 18.2 Å². The van der Waals surface area contributed by atoms with Gasteiger partial charge in [0.05, 0.1) is 10.4 Å². The van der Waals surface area contributed by atoms with E-state index in [9.17, 15) is 14.0 Å². The molecule has 2 aromatic carbocycles. The van der Waals surface area contributed by atoms with E-state index in [1.54, 1.807) is 23.2 Å². The molecule has 4 rings (SSSR count). The Bertz CT molecular complexity index is 1090. The van der Waals surface area contributed by atoms with Crippen LogP contribution in [0.3, 0.4) is 0 Å². The number of aromatic nitrogens is 1. The van der Waals surface area contributed by atoms with Crippen LogP contribution in [0.15, 0.2) is 53.5 Å². The van der Waals surface area contributed by atoms with Crippen molar-refractivity contribution in [3.63, 3.8) is 0 Å². The normalized spacial score (nSPS) is 14.1. The van der Waals surface area contributed by atoms with Gasteiger partial charge in [0.25, 0.3) is 5.56 Å². The van der Waals surface area contributed by atoms with Crippen LogP contribution in [0.4, 0.5) is 4.39 Å². The van der Waals surface area contributed by atoms with Crippen LogP contribution in [-0.4, -0.2) is 28.5 Å². The SMILES string of the molecule is O=C(Cn1ccc2cccc(-c3ccc(F)c(Cl)c3)c2c1=O)N1CCCC1. The summed E-state index contributed by atoms with van der Waals surface area (Å²) in [5, 5.41) is 1.27. The van der Waals surface area contributed by atoms with E-state index in [4.69, 9.17) is 11.6 Å². The topological polar surface area (TPSA) is 42.3 Å². The van der Waals surface area contributed by atoms with Crippen LogP contribution >= 0.6 is 11.6 Å². The van der Waals surface area contributed by atoms with Gasteiger partial charge in [-0.1, -0.05) is 35.9 Å². The lowest BCUT2D eigenvalue weighted by Gasteiger charge is -2.16. The second kappa shape index (κ2) is 7.16. The van der Waals surface area contributed by atoms with Crippen molar-refractivity contribution in [2.45, 2.75) is 19.4 Å². The molecule has 138 valence electrons. The first kappa shape index (κ1) is 17.7. The van der Waals surface area contributed by atoms with Crippen LogP contribution < -0.4 is 5.56 Å². The van der Waals surface area contributed by atoms with Crippen molar-refractivity contribution in [3.05, 3.63) is 69.9 Å². The summed E-state index contributed by atoms with van der Waals surface area (Å²) >= 11 is 5.92. The van der Waals surface area contributed by atoms with Crippen LogP contribution in [-0.2, 0) is 11.3 Å². The fourth-order valence-corrected chi connectivity index (χ4v) is 3.75. The van der Waals surface area contributed by atoms with Crippen LogP contribution in [0.2, 0.25) is 5.02 Å². The molecule has 0 atom stereocenters. The number of benzene rings is 2. The molecule has 1 aliphatic rings. The zero-order valence-electron chi connectivity index (χ0n) is 14.6. The molecule has 1 aromatic heterocycles. The highest BCUT2D eigenvalue weighted by Crippen LogP contribution is 2.29. The predicted octanol–water partition coefficient (Wildman–Crippen LogP) is 4.08. The van der Waals surface area contributed by atoms with Crippen LogP contribution in [0.5, 0.6) is 0 Å². The third-order valence-corrected chi connectivity index (χ3v) is 5.29. The number of pyridine rings is 1. The van der Waals surface area contributed by atoms with Crippen LogP contribution in [0.1, 0.15) is 12.8 Å². The van der Waals surface area contributed by atoms with Crippen molar-refractivity contribution in [1.29, 1.82) is 0 Å². The van der Waals surface area contributed by atoms with Gasteiger partial charge in [-0.3, -0.25) is 9.59 Å². The number of hydrogen-bond acceptors (Lipinski definition) is 2. The molecule has 27 heavy (non-hydrogen) atoms. The van der Waals surface area contributed by atoms with Gasteiger partial charge in [-0.05, 0) is 47.6 Å². The first-order chi connectivity index (χ1) is 13.0. The average molecular weight is 385 g/mol. The Labute approximate surface area is 160 Å². The number of halogens is 2. The van der Waals surface area contributed by atoms with Crippen molar-refractivity contribution in [3.8, 4) is 11.1 Å². The summed E-state index contributed by atoms with van der Waals surface area (Å²) in [5.41, 5.74) is 1.09. The van der Waals surface area contributed by atoms with Gasteiger partial charge in [0.15, 0.2) is 0 Å².